The van der Waals surface area contributed by atoms with Crippen LogP contribution in [0.2, 0.25) is 0 Å². The van der Waals surface area contributed by atoms with Crippen molar-refractivity contribution in [1.29, 1.82) is 0 Å². The van der Waals surface area contributed by atoms with E-state index >= 15 is 0 Å². The Morgan fingerprint density at radius 1 is 1.21 bits per heavy atom. The number of carbonyl (C=O) groups is 1. The SMILES string of the molecule is Cc1nn(-c2ccccc2)c(C)c1C=NNC(=O)c1cc(-c2ccco2)[nH]n1. The van der Waals surface area contributed by atoms with Crippen LogP contribution >= 0.6 is 0 Å². The molecule has 0 atom stereocenters. The Labute approximate surface area is 160 Å². The highest BCUT2D eigenvalue weighted by Crippen LogP contribution is 2.18. The molecule has 140 valence electrons. The minimum Gasteiger partial charge on any atom is -0.463 e. The van der Waals surface area contributed by atoms with Crippen LogP contribution in [0.3, 0.4) is 0 Å². The molecule has 8 nitrogen and oxygen atoms in total. The van der Waals surface area contributed by atoms with Gasteiger partial charge in [0.25, 0.3) is 5.91 Å². The second kappa shape index (κ2) is 7.36. The molecule has 0 unspecified atom stereocenters. The highest BCUT2D eigenvalue weighted by atomic mass is 16.3. The first-order valence-electron chi connectivity index (χ1n) is 8.68. The summed E-state index contributed by atoms with van der Waals surface area (Å²) < 4.78 is 7.12. The number of furan rings is 1. The first-order chi connectivity index (χ1) is 13.6. The van der Waals surface area contributed by atoms with Crippen LogP contribution in [0.25, 0.3) is 17.1 Å². The number of para-hydroxylation sites is 1. The summed E-state index contributed by atoms with van der Waals surface area (Å²) in [6.45, 7) is 3.86. The molecule has 3 heterocycles. The second-order valence-electron chi connectivity index (χ2n) is 6.18. The molecule has 0 bridgehead atoms. The molecule has 8 heteroatoms. The van der Waals surface area contributed by atoms with E-state index < -0.39 is 5.91 Å². The Morgan fingerprint density at radius 2 is 2.04 bits per heavy atom. The van der Waals surface area contributed by atoms with Gasteiger partial charge in [0.1, 0.15) is 5.69 Å². The van der Waals surface area contributed by atoms with Crippen LogP contribution in [0.4, 0.5) is 0 Å². The lowest BCUT2D eigenvalue weighted by Gasteiger charge is -2.03. The zero-order chi connectivity index (χ0) is 19.5. The normalized spacial score (nSPS) is 11.2. The fourth-order valence-electron chi connectivity index (χ4n) is 2.87. The van der Waals surface area contributed by atoms with Gasteiger partial charge in [0, 0.05) is 11.6 Å². The number of hydrazone groups is 1. The van der Waals surface area contributed by atoms with Crippen LogP contribution in [0.5, 0.6) is 0 Å². The van der Waals surface area contributed by atoms with Crippen molar-refractivity contribution >= 4 is 12.1 Å². The van der Waals surface area contributed by atoms with Crippen molar-refractivity contribution < 1.29 is 9.21 Å². The summed E-state index contributed by atoms with van der Waals surface area (Å²) in [5.41, 5.74) is 6.90. The summed E-state index contributed by atoms with van der Waals surface area (Å²) in [6, 6.07) is 15.0. The standard InChI is InChI=1S/C20H18N6O2/c1-13-16(14(2)26(25-13)15-7-4-3-5-8-15)12-21-24-20(27)18-11-17(22-23-18)19-9-6-10-28-19/h3-12H,1-2H3,(H,22,23)(H,24,27). The predicted molar refractivity (Wildman–Crippen MR) is 104 cm³/mol. The summed E-state index contributed by atoms with van der Waals surface area (Å²) >= 11 is 0. The predicted octanol–water partition coefficient (Wildman–Crippen LogP) is 3.24. The lowest BCUT2D eigenvalue weighted by atomic mass is 10.2. The number of aromatic nitrogens is 4. The molecule has 0 saturated heterocycles. The molecule has 2 N–H and O–H groups in total. The number of rotatable bonds is 5. The molecule has 0 radical (unpaired) electrons. The van der Waals surface area contributed by atoms with Crippen molar-refractivity contribution in [2.45, 2.75) is 13.8 Å². The number of benzene rings is 1. The molecule has 0 aliphatic carbocycles. The number of H-pyrrole nitrogens is 1. The molecule has 0 fully saturated rings. The third kappa shape index (κ3) is 3.35. The van der Waals surface area contributed by atoms with Crippen molar-refractivity contribution in [3.05, 3.63) is 77.4 Å². The van der Waals surface area contributed by atoms with Crippen LogP contribution in [-0.2, 0) is 0 Å². The van der Waals surface area contributed by atoms with E-state index in [-0.39, 0.29) is 5.69 Å². The third-order valence-electron chi connectivity index (χ3n) is 4.30. The van der Waals surface area contributed by atoms with E-state index in [1.165, 1.54) is 0 Å². The molecule has 3 aromatic heterocycles. The van der Waals surface area contributed by atoms with Crippen molar-refractivity contribution in [2.24, 2.45) is 5.10 Å². The number of nitrogens with one attached hydrogen (secondary N) is 2. The first kappa shape index (κ1) is 17.5. The monoisotopic (exact) mass is 374 g/mol. The molecule has 1 amide bonds. The lowest BCUT2D eigenvalue weighted by Crippen LogP contribution is -2.18. The molecule has 0 saturated carbocycles. The summed E-state index contributed by atoms with van der Waals surface area (Å²) in [4.78, 5) is 12.3. The van der Waals surface area contributed by atoms with Crippen LogP contribution in [-0.4, -0.2) is 32.1 Å². The van der Waals surface area contributed by atoms with E-state index in [4.69, 9.17) is 4.42 Å². The molecule has 4 aromatic rings. The summed E-state index contributed by atoms with van der Waals surface area (Å²) in [5.74, 6) is 0.186. The van der Waals surface area contributed by atoms with Crippen LogP contribution in [0.1, 0.15) is 27.4 Å². The van der Waals surface area contributed by atoms with Crippen LogP contribution in [0, 0.1) is 13.8 Å². The van der Waals surface area contributed by atoms with Crippen molar-refractivity contribution in [3.8, 4) is 17.1 Å². The van der Waals surface area contributed by atoms with Gasteiger partial charge in [-0.05, 0) is 38.1 Å². The van der Waals surface area contributed by atoms with Gasteiger partial charge in [-0.3, -0.25) is 9.89 Å². The Kier molecular flexibility index (Phi) is 4.59. The second-order valence-corrected chi connectivity index (χ2v) is 6.18. The zero-order valence-corrected chi connectivity index (χ0v) is 15.4. The van der Waals surface area contributed by atoms with Gasteiger partial charge in [-0.15, -0.1) is 0 Å². The van der Waals surface area contributed by atoms with E-state index in [1.807, 2.05) is 48.9 Å². The highest BCUT2D eigenvalue weighted by Gasteiger charge is 2.13. The smallest absolute Gasteiger partial charge is 0.291 e. The Bertz CT molecular complexity index is 1120. The maximum absolute atomic E-state index is 12.3. The first-order valence-corrected chi connectivity index (χ1v) is 8.68. The Morgan fingerprint density at radius 3 is 2.79 bits per heavy atom. The highest BCUT2D eigenvalue weighted by molar-refractivity contribution is 5.94. The van der Waals surface area contributed by atoms with E-state index in [2.05, 4.69) is 25.8 Å². The van der Waals surface area contributed by atoms with E-state index in [9.17, 15) is 4.79 Å². The summed E-state index contributed by atoms with van der Waals surface area (Å²) in [6.07, 6.45) is 3.15. The maximum Gasteiger partial charge on any atom is 0.291 e. The molecule has 0 spiro atoms. The fraction of sp³-hybridized carbons (Fsp3) is 0.100. The van der Waals surface area contributed by atoms with Gasteiger partial charge in [0.15, 0.2) is 11.5 Å². The van der Waals surface area contributed by atoms with Crippen molar-refractivity contribution in [3.63, 3.8) is 0 Å². The van der Waals surface area contributed by atoms with Gasteiger partial charge >= 0.3 is 0 Å². The largest absolute Gasteiger partial charge is 0.463 e. The fourth-order valence-corrected chi connectivity index (χ4v) is 2.87. The summed E-state index contributed by atoms with van der Waals surface area (Å²) in [7, 11) is 0. The molecule has 0 aliphatic rings. The van der Waals surface area contributed by atoms with Gasteiger partial charge in [-0.1, -0.05) is 18.2 Å². The minimum absolute atomic E-state index is 0.219. The third-order valence-corrected chi connectivity index (χ3v) is 4.30. The Balaban J connectivity index is 1.48. The Hall–Kier alpha value is -3.94. The van der Waals surface area contributed by atoms with Gasteiger partial charge in [-0.2, -0.15) is 15.3 Å². The lowest BCUT2D eigenvalue weighted by molar-refractivity contribution is 0.0950. The summed E-state index contributed by atoms with van der Waals surface area (Å²) in [5, 5.41) is 15.4. The number of aryl methyl sites for hydroxylation is 1. The molecular formula is C20H18N6O2. The number of aromatic amines is 1. The van der Waals surface area contributed by atoms with Crippen LogP contribution < -0.4 is 5.43 Å². The molecule has 4 rings (SSSR count). The molecular weight excluding hydrogens is 356 g/mol. The number of hydrogen-bond acceptors (Lipinski definition) is 5. The maximum atomic E-state index is 12.3. The number of carbonyl (C=O) groups excluding carboxylic acids is 1. The molecule has 1 aromatic carbocycles. The average Bonchev–Trinajstić information content (AvgIpc) is 3.45. The number of nitrogens with zero attached hydrogens (tertiary/aromatic N) is 4. The van der Waals surface area contributed by atoms with E-state index in [0.29, 0.717) is 11.5 Å². The average molecular weight is 374 g/mol. The van der Waals surface area contributed by atoms with Gasteiger partial charge in [0.05, 0.1) is 29.6 Å². The zero-order valence-electron chi connectivity index (χ0n) is 15.4. The van der Waals surface area contributed by atoms with Crippen molar-refractivity contribution in [1.82, 2.24) is 25.4 Å². The van der Waals surface area contributed by atoms with Gasteiger partial charge in [-0.25, -0.2) is 10.1 Å². The quantitative estimate of drug-likeness (QED) is 0.414. The molecule has 28 heavy (non-hydrogen) atoms. The topological polar surface area (TPSA) is 101 Å². The van der Waals surface area contributed by atoms with Crippen molar-refractivity contribution in [2.75, 3.05) is 0 Å². The molecule has 0 aliphatic heterocycles. The number of amides is 1. The van der Waals surface area contributed by atoms with E-state index in [0.717, 1.165) is 22.6 Å². The van der Waals surface area contributed by atoms with E-state index in [1.54, 1.807) is 30.7 Å². The van der Waals surface area contributed by atoms with Crippen LogP contribution in [0.15, 0.2) is 64.3 Å². The van der Waals surface area contributed by atoms with Gasteiger partial charge in [0.2, 0.25) is 0 Å². The minimum atomic E-state index is -0.420. The number of hydrogen-bond donors (Lipinski definition) is 2. The van der Waals surface area contributed by atoms with Gasteiger partial charge < -0.3 is 4.42 Å².